The molecule has 0 N–H and O–H groups in total. The standard InChI is InChI=1S/C13H16N4S/c1-2-12-15-13(18-16-12)17-8-6-10(9-17)11-5-3-4-7-14-11/h3-5,7,10H,2,6,8-9H2,1H3/t10-/m0/s1. The maximum atomic E-state index is 4.55. The number of nitrogens with zero attached hydrogens (tertiary/aromatic N) is 4. The smallest absolute Gasteiger partial charge is 0.205 e. The Morgan fingerprint density at radius 2 is 2.39 bits per heavy atom. The van der Waals surface area contributed by atoms with Gasteiger partial charge in [-0.15, -0.1) is 0 Å². The Hall–Kier alpha value is -1.49. The number of hydrogen-bond donors (Lipinski definition) is 0. The van der Waals surface area contributed by atoms with Crippen LogP contribution in [0.4, 0.5) is 5.13 Å². The maximum absolute atomic E-state index is 4.55. The zero-order valence-corrected chi connectivity index (χ0v) is 11.2. The van der Waals surface area contributed by atoms with Crippen LogP contribution in [0.25, 0.3) is 0 Å². The van der Waals surface area contributed by atoms with Crippen LogP contribution in [0.1, 0.15) is 30.8 Å². The van der Waals surface area contributed by atoms with Gasteiger partial charge in [-0.05, 0) is 18.6 Å². The van der Waals surface area contributed by atoms with E-state index in [1.165, 1.54) is 17.2 Å². The summed E-state index contributed by atoms with van der Waals surface area (Å²) in [7, 11) is 0. The molecule has 0 radical (unpaired) electrons. The second-order valence-corrected chi connectivity index (χ2v) is 5.26. The lowest BCUT2D eigenvalue weighted by Crippen LogP contribution is -2.19. The van der Waals surface area contributed by atoms with Gasteiger partial charge in [0.15, 0.2) is 0 Å². The molecular formula is C13H16N4S. The fourth-order valence-electron chi connectivity index (χ4n) is 2.31. The van der Waals surface area contributed by atoms with Crippen molar-refractivity contribution >= 4 is 16.7 Å². The van der Waals surface area contributed by atoms with Crippen molar-refractivity contribution in [3.8, 4) is 0 Å². The van der Waals surface area contributed by atoms with Crippen molar-refractivity contribution in [3.05, 3.63) is 35.9 Å². The van der Waals surface area contributed by atoms with E-state index in [-0.39, 0.29) is 0 Å². The molecule has 1 saturated heterocycles. The zero-order valence-electron chi connectivity index (χ0n) is 10.4. The number of aromatic nitrogens is 3. The van der Waals surface area contributed by atoms with Crippen molar-refractivity contribution in [1.82, 2.24) is 14.3 Å². The van der Waals surface area contributed by atoms with E-state index in [1.54, 1.807) is 0 Å². The van der Waals surface area contributed by atoms with Crippen molar-refractivity contribution in [2.75, 3.05) is 18.0 Å². The van der Waals surface area contributed by atoms with Crippen LogP contribution in [-0.2, 0) is 6.42 Å². The molecule has 0 unspecified atom stereocenters. The molecule has 4 nitrogen and oxygen atoms in total. The molecule has 0 saturated carbocycles. The highest BCUT2D eigenvalue weighted by Crippen LogP contribution is 2.30. The first-order chi connectivity index (χ1) is 8.86. The van der Waals surface area contributed by atoms with Crippen LogP contribution >= 0.6 is 11.5 Å². The minimum atomic E-state index is 0.528. The minimum Gasteiger partial charge on any atom is -0.346 e. The monoisotopic (exact) mass is 260 g/mol. The summed E-state index contributed by atoms with van der Waals surface area (Å²) in [5, 5.41) is 1.06. The predicted molar refractivity (Wildman–Crippen MR) is 73.1 cm³/mol. The molecule has 5 heteroatoms. The lowest BCUT2D eigenvalue weighted by Gasteiger charge is -2.13. The van der Waals surface area contributed by atoms with Crippen molar-refractivity contribution in [2.45, 2.75) is 25.7 Å². The number of pyridine rings is 1. The second kappa shape index (κ2) is 5.02. The van der Waals surface area contributed by atoms with Crippen LogP contribution in [0.5, 0.6) is 0 Å². The van der Waals surface area contributed by atoms with Crippen molar-refractivity contribution in [2.24, 2.45) is 0 Å². The lowest BCUT2D eigenvalue weighted by atomic mass is 10.0. The molecule has 0 bridgehead atoms. The lowest BCUT2D eigenvalue weighted by molar-refractivity contribution is 0.744. The molecule has 3 heterocycles. The Bertz CT molecular complexity index is 511. The van der Waals surface area contributed by atoms with E-state index in [4.69, 9.17) is 0 Å². The van der Waals surface area contributed by atoms with E-state index in [0.717, 1.165) is 36.9 Å². The highest BCUT2D eigenvalue weighted by atomic mass is 32.1. The van der Waals surface area contributed by atoms with Gasteiger partial charge in [0.2, 0.25) is 5.13 Å². The molecule has 3 rings (SSSR count). The van der Waals surface area contributed by atoms with Gasteiger partial charge in [-0.25, -0.2) is 4.98 Å². The van der Waals surface area contributed by atoms with E-state index in [2.05, 4.69) is 38.3 Å². The van der Waals surface area contributed by atoms with Gasteiger partial charge < -0.3 is 4.90 Å². The number of anilines is 1. The van der Waals surface area contributed by atoms with E-state index in [1.807, 2.05) is 12.3 Å². The average molecular weight is 260 g/mol. The molecule has 18 heavy (non-hydrogen) atoms. The van der Waals surface area contributed by atoms with Gasteiger partial charge in [-0.2, -0.15) is 4.37 Å². The topological polar surface area (TPSA) is 41.9 Å². The summed E-state index contributed by atoms with van der Waals surface area (Å²) in [5.41, 5.74) is 1.19. The molecule has 0 aliphatic carbocycles. The molecule has 1 aliphatic heterocycles. The van der Waals surface area contributed by atoms with Gasteiger partial charge >= 0.3 is 0 Å². The average Bonchev–Trinajstić information content (AvgIpc) is 3.08. The summed E-state index contributed by atoms with van der Waals surface area (Å²) in [6, 6.07) is 6.14. The highest BCUT2D eigenvalue weighted by molar-refractivity contribution is 7.09. The molecule has 2 aromatic rings. The van der Waals surface area contributed by atoms with Crippen molar-refractivity contribution in [1.29, 1.82) is 0 Å². The van der Waals surface area contributed by atoms with Gasteiger partial charge in [0.25, 0.3) is 0 Å². The van der Waals surface area contributed by atoms with Crippen LogP contribution in [0.2, 0.25) is 0 Å². The SMILES string of the molecule is CCc1nsc(N2CC[C@H](c3ccccn3)C2)n1. The third-order valence-electron chi connectivity index (χ3n) is 3.34. The first-order valence-corrected chi connectivity index (χ1v) is 7.12. The highest BCUT2D eigenvalue weighted by Gasteiger charge is 2.26. The van der Waals surface area contributed by atoms with Crippen molar-refractivity contribution < 1.29 is 0 Å². The number of hydrogen-bond acceptors (Lipinski definition) is 5. The quantitative estimate of drug-likeness (QED) is 0.850. The zero-order chi connectivity index (χ0) is 12.4. The Labute approximate surface area is 111 Å². The minimum absolute atomic E-state index is 0.528. The van der Waals surface area contributed by atoms with E-state index in [0.29, 0.717) is 5.92 Å². The Kier molecular flexibility index (Phi) is 3.23. The fraction of sp³-hybridized carbons (Fsp3) is 0.462. The number of rotatable bonds is 3. The normalized spacial score (nSPS) is 19.4. The maximum Gasteiger partial charge on any atom is 0.205 e. The van der Waals surface area contributed by atoms with Crippen LogP contribution in [0, 0.1) is 0 Å². The summed E-state index contributed by atoms with van der Waals surface area (Å²) in [5.74, 6) is 1.48. The molecule has 94 valence electrons. The summed E-state index contributed by atoms with van der Waals surface area (Å²) in [4.78, 5) is 11.3. The molecule has 0 spiro atoms. The van der Waals surface area contributed by atoms with Crippen LogP contribution in [0.3, 0.4) is 0 Å². The summed E-state index contributed by atoms with van der Waals surface area (Å²) in [6.07, 6.45) is 3.93. The van der Waals surface area contributed by atoms with Crippen LogP contribution in [0.15, 0.2) is 24.4 Å². The van der Waals surface area contributed by atoms with Gasteiger partial charge in [0.05, 0.1) is 0 Å². The molecule has 1 aliphatic rings. The first kappa shape index (κ1) is 11.6. The molecule has 0 amide bonds. The summed E-state index contributed by atoms with van der Waals surface area (Å²) < 4.78 is 4.35. The van der Waals surface area contributed by atoms with Crippen molar-refractivity contribution in [3.63, 3.8) is 0 Å². The first-order valence-electron chi connectivity index (χ1n) is 6.35. The molecule has 2 aromatic heterocycles. The Morgan fingerprint density at radius 1 is 1.44 bits per heavy atom. The summed E-state index contributed by atoms with van der Waals surface area (Å²) >= 11 is 1.51. The van der Waals surface area contributed by atoms with E-state index < -0.39 is 0 Å². The molecule has 1 fully saturated rings. The molecular weight excluding hydrogens is 244 g/mol. The largest absolute Gasteiger partial charge is 0.346 e. The third-order valence-corrected chi connectivity index (χ3v) is 4.15. The Balaban J connectivity index is 1.72. The van der Waals surface area contributed by atoms with Gasteiger partial charge in [0.1, 0.15) is 5.82 Å². The molecule has 0 aromatic carbocycles. The van der Waals surface area contributed by atoms with Gasteiger partial charge in [-0.1, -0.05) is 13.0 Å². The van der Waals surface area contributed by atoms with E-state index >= 15 is 0 Å². The molecule has 1 atom stereocenters. The van der Waals surface area contributed by atoms with E-state index in [9.17, 15) is 0 Å². The van der Waals surface area contributed by atoms with Gasteiger partial charge in [-0.3, -0.25) is 4.98 Å². The third kappa shape index (κ3) is 2.22. The predicted octanol–water partition coefficient (Wildman–Crippen LogP) is 2.49. The van der Waals surface area contributed by atoms with Gasteiger partial charge in [0, 0.05) is 48.9 Å². The summed E-state index contributed by atoms with van der Waals surface area (Å²) in [6.45, 7) is 4.15. The second-order valence-electron chi connectivity index (χ2n) is 4.53. The van der Waals surface area contributed by atoms with Crippen LogP contribution in [-0.4, -0.2) is 27.4 Å². The fourth-order valence-corrected chi connectivity index (χ4v) is 3.09. The Morgan fingerprint density at radius 3 is 3.11 bits per heavy atom. The van der Waals surface area contributed by atoms with Crippen LogP contribution < -0.4 is 4.90 Å². The number of aryl methyl sites for hydroxylation is 1.